The number of carbonyl (C=O) groups is 1. The number of nitrogens with zero attached hydrogens (tertiary/aromatic N) is 1. The van der Waals surface area contributed by atoms with Gasteiger partial charge in [-0.1, -0.05) is 17.7 Å². The summed E-state index contributed by atoms with van der Waals surface area (Å²) < 4.78 is 6.25. The minimum Gasteiger partial charge on any atom is -0.476 e. The Balaban J connectivity index is 1.83. The van der Waals surface area contributed by atoms with Crippen LogP contribution in [0.4, 0.5) is 5.69 Å². The van der Waals surface area contributed by atoms with Gasteiger partial charge in [-0.2, -0.15) is 0 Å². The highest BCUT2D eigenvalue weighted by molar-refractivity contribution is 6.29. The molecule has 0 unspecified atom stereocenters. The molecule has 4 N–H and O–H groups in total. The number of fused-ring (bicyclic) bond motifs is 1. The number of aryl methyl sites for hydroxylation is 1. The maximum atomic E-state index is 13.1. The summed E-state index contributed by atoms with van der Waals surface area (Å²) in [6.07, 6.45) is 6.85. The number of benzene rings is 1. The van der Waals surface area contributed by atoms with Crippen LogP contribution in [0.15, 0.2) is 69.5 Å². The van der Waals surface area contributed by atoms with Gasteiger partial charge in [0.2, 0.25) is 0 Å². The highest BCUT2D eigenvalue weighted by Gasteiger charge is 2.20. The molecule has 4 rings (SSSR count). The third-order valence-corrected chi connectivity index (χ3v) is 5.75. The molecule has 0 bridgehead atoms. The number of aromatic nitrogens is 1. The minimum atomic E-state index is -1.21. The number of carboxylic acid groups (broad SMARTS) is 1. The van der Waals surface area contributed by atoms with E-state index >= 15 is 0 Å². The molecule has 178 valence electrons. The first-order valence-electron chi connectivity index (χ1n) is 10.8. The molecule has 35 heavy (non-hydrogen) atoms. The Morgan fingerprint density at radius 1 is 1.26 bits per heavy atom. The molecule has 0 fully saturated rings. The van der Waals surface area contributed by atoms with Crippen LogP contribution in [0, 0.1) is 12.3 Å². The molecule has 0 saturated carbocycles. The zero-order valence-electron chi connectivity index (χ0n) is 19.3. The predicted octanol–water partition coefficient (Wildman–Crippen LogP) is 5.10. The lowest BCUT2D eigenvalue weighted by Crippen LogP contribution is -2.14. The van der Waals surface area contributed by atoms with Crippen molar-refractivity contribution in [1.29, 1.82) is 5.41 Å². The van der Waals surface area contributed by atoms with Gasteiger partial charge >= 0.3 is 5.97 Å². The van der Waals surface area contributed by atoms with Gasteiger partial charge < -0.3 is 25.6 Å². The van der Waals surface area contributed by atoms with Crippen molar-refractivity contribution < 1.29 is 14.3 Å². The molecule has 2 aromatic heterocycles. The molecule has 0 spiro atoms. The third-order valence-electron chi connectivity index (χ3n) is 5.54. The average Bonchev–Trinajstić information content (AvgIpc) is 2.81. The van der Waals surface area contributed by atoms with Crippen LogP contribution in [0.5, 0.6) is 0 Å². The second kappa shape index (κ2) is 9.60. The third kappa shape index (κ3) is 4.88. The Bertz CT molecular complexity index is 1520. The monoisotopic (exact) mass is 490 g/mol. The molecule has 1 atom stereocenters. The Hall–Kier alpha value is -4.17. The van der Waals surface area contributed by atoms with Crippen molar-refractivity contribution >= 4 is 45.5 Å². The largest absolute Gasteiger partial charge is 0.476 e. The summed E-state index contributed by atoms with van der Waals surface area (Å²) in [5.41, 5.74) is 3.48. The summed E-state index contributed by atoms with van der Waals surface area (Å²) in [6.45, 7) is 3.72. The highest BCUT2D eigenvalue weighted by Crippen LogP contribution is 2.31. The molecule has 3 aromatic rings. The van der Waals surface area contributed by atoms with Gasteiger partial charge in [0.1, 0.15) is 16.5 Å². The fourth-order valence-electron chi connectivity index (χ4n) is 3.92. The molecular formula is C26H23ClN4O4. The van der Waals surface area contributed by atoms with E-state index in [0.29, 0.717) is 44.8 Å². The number of nitrogens with one attached hydrogen (secondary N) is 3. The van der Waals surface area contributed by atoms with E-state index in [4.69, 9.17) is 21.4 Å². The summed E-state index contributed by atoms with van der Waals surface area (Å²) in [6, 6.07) is 7.73. The van der Waals surface area contributed by atoms with Crippen molar-refractivity contribution in [2.75, 3.05) is 12.4 Å². The first-order valence-corrected chi connectivity index (χ1v) is 11.2. The summed E-state index contributed by atoms with van der Waals surface area (Å²) in [4.78, 5) is 28.6. The first-order chi connectivity index (χ1) is 16.7. The Morgan fingerprint density at radius 2 is 2.03 bits per heavy atom. The van der Waals surface area contributed by atoms with Crippen LogP contribution in [0.2, 0.25) is 5.15 Å². The van der Waals surface area contributed by atoms with Gasteiger partial charge in [-0.15, -0.1) is 0 Å². The number of aromatic carboxylic acids is 1. The fraction of sp³-hybridized carbons (Fsp3) is 0.154. The maximum absolute atomic E-state index is 13.1. The second-order valence-electron chi connectivity index (χ2n) is 8.14. The van der Waals surface area contributed by atoms with E-state index in [-0.39, 0.29) is 16.3 Å². The molecule has 8 nitrogen and oxygen atoms in total. The van der Waals surface area contributed by atoms with Crippen LogP contribution in [0.1, 0.15) is 40.3 Å². The zero-order valence-corrected chi connectivity index (χ0v) is 20.0. The molecule has 0 radical (unpaired) electrons. The van der Waals surface area contributed by atoms with E-state index in [1.165, 1.54) is 12.1 Å². The van der Waals surface area contributed by atoms with Crippen molar-refractivity contribution in [3.63, 3.8) is 0 Å². The summed E-state index contributed by atoms with van der Waals surface area (Å²) in [5.74, 6) is -0.845. The SMILES string of the molecule is CN/C=C1/C=C(c2cc(=O)c3cc(C)cc([C@@H](C)Nc4ccc(Cl)nc4C(=O)O)c3o2)C=CC1=N. The van der Waals surface area contributed by atoms with Gasteiger partial charge in [0.05, 0.1) is 22.8 Å². The van der Waals surface area contributed by atoms with Crippen molar-refractivity contribution in [2.45, 2.75) is 19.9 Å². The van der Waals surface area contributed by atoms with Gasteiger partial charge in [0, 0.05) is 36.0 Å². The summed E-state index contributed by atoms with van der Waals surface area (Å²) in [5, 5.41) is 24.2. The van der Waals surface area contributed by atoms with Crippen LogP contribution in [0.25, 0.3) is 16.5 Å². The molecule has 2 heterocycles. The fourth-order valence-corrected chi connectivity index (χ4v) is 4.06. The molecule has 1 aromatic carbocycles. The van der Waals surface area contributed by atoms with Crippen LogP contribution in [-0.2, 0) is 0 Å². The van der Waals surface area contributed by atoms with E-state index in [9.17, 15) is 14.7 Å². The number of hydrogen-bond acceptors (Lipinski definition) is 7. The smallest absolute Gasteiger partial charge is 0.356 e. The van der Waals surface area contributed by atoms with E-state index < -0.39 is 12.0 Å². The highest BCUT2D eigenvalue weighted by atomic mass is 35.5. The average molecular weight is 491 g/mol. The molecule has 9 heteroatoms. The van der Waals surface area contributed by atoms with E-state index in [0.717, 1.165) is 5.56 Å². The van der Waals surface area contributed by atoms with E-state index in [2.05, 4.69) is 15.6 Å². The molecular weight excluding hydrogens is 468 g/mol. The van der Waals surface area contributed by atoms with E-state index in [1.807, 2.05) is 19.9 Å². The Kier molecular flexibility index (Phi) is 6.57. The normalized spacial score (nSPS) is 15.3. The van der Waals surface area contributed by atoms with Crippen LogP contribution in [-0.4, -0.2) is 28.8 Å². The van der Waals surface area contributed by atoms with Crippen LogP contribution >= 0.6 is 11.6 Å². The van der Waals surface area contributed by atoms with Crippen molar-refractivity contribution in [3.8, 4) is 0 Å². The Morgan fingerprint density at radius 3 is 2.74 bits per heavy atom. The van der Waals surface area contributed by atoms with Gasteiger partial charge in [0.15, 0.2) is 11.1 Å². The number of hydrogen-bond donors (Lipinski definition) is 4. The lowest BCUT2D eigenvalue weighted by atomic mass is 9.97. The lowest BCUT2D eigenvalue weighted by Gasteiger charge is -2.19. The summed E-state index contributed by atoms with van der Waals surface area (Å²) in [7, 11) is 1.75. The number of halogens is 1. The Labute approximate surface area is 206 Å². The standard InChI is InChI=1S/C26H23ClN4O4/c1-13-8-17(14(2)30-20-6-7-23(27)31-24(20)26(33)34)25-18(9-13)21(32)11-22(35-25)15-4-5-19(28)16(10-15)12-29-3/h4-12,14,28-30H,1-3H3,(H,33,34)/b16-12-,28-19?/t14-/m1/s1. The summed E-state index contributed by atoms with van der Waals surface area (Å²) >= 11 is 5.88. The van der Waals surface area contributed by atoms with Crippen molar-refractivity contribution in [1.82, 2.24) is 10.3 Å². The molecule has 0 saturated heterocycles. The van der Waals surface area contributed by atoms with Crippen molar-refractivity contribution in [3.05, 3.63) is 98.3 Å². The van der Waals surface area contributed by atoms with Crippen LogP contribution < -0.4 is 16.1 Å². The quantitative estimate of drug-likeness (QED) is 0.354. The zero-order chi connectivity index (χ0) is 25.3. The predicted molar refractivity (Wildman–Crippen MR) is 137 cm³/mol. The van der Waals surface area contributed by atoms with Gasteiger partial charge in [0.25, 0.3) is 0 Å². The van der Waals surface area contributed by atoms with Crippen LogP contribution in [0.3, 0.4) is 0 Å². The second-order valence-corrected chi connectivity index (χ2v) is 8.53. The number of pyridine rings is 1. The van der Waals surface area contributed by atoms with Gasteiger partial charge in [-0.3, -0.25) is 4.79 Å². The molecule has 1 aliphatic carbocycles. The number of carboxylic acids is 1. The topological polar surface area (TPSA) is 128 Å². The van der Waals surface area contributed by atoms with Gasteiger partial charge in [-0.25, -0.2) is 9.78 Å². The molecule has 0 amide bonds. The number of rotatable bonds is 6. The molecule has 0 aliphatic heterocycles. The molecule has 1 aliphatic rings. The minimum absolute atomic E-state index is 0.0748. The lowest BCUT2D eigenvalue weighted by molar-refractivity contribution is 0.0691. The maximum Gasteiger partial charge on any atom is 0.356 e. The van der Waals surface area contributed by atoms with Gasteiger partial charge in [-0.05, 0) is 55.8 Å². The number of allylic oxidation sites excluding steroid dienone is 5. The number of anilines is 1. The van der Waals surface area contributed by atoms with Crippen molar-refractivity contribution in [2.24, 2.45) is 0 Å². The first kappa shape index (κ1) is 24.0. The van der Waals surface area contributed by atoms with E-state index in [1.54, 1.807) is 43.6 Å².